The highest BCUT2D eigenvalue weighted by Crippen LogP contribution is 2.35. The van der Waals surface area contributed by atoms with E-state index in [1.54, 1.807) is 0 Å². The first kappa shape index (κ1) is 18.0. The third kappa shape index (κ3) is 3.96. The second-order valence-electron chi connectivity index (χ2n) is 6.10. The maximum Gasteiger partial charge on any atom is 0.310 e. The van der Waals surface area contributed by atoms with Crippen LogP contribution in [0.4, 0.5) is 0 Å². The Kier molecular flexibility index (Phi) is 6.65. The van der Waals surface area contributed by atoms with Crippen molar-refractivity contribution in [1.29, 1.82) is 0 Å². The minimum Gasteiger partial charge on any atom is -0.481 e. The van der Waals surface area contributed by atoms with E-state index in [0.717, 1.165) is 25.8 Å². The van der Waals surface area contributed by atoms with E-state index in [2.05, 4.69) is 4.90 Å². The Bertz CT molecular complexity index is 365. The van der Waals surface area contributed by atoms with Gasteiger partial charge in [0, 0.05) is 19.6 Å². The summed E-state index contributed by atoms with van der Waals surface area (Å²) in [7, 11) is 0. The molecule has 0 aliphatic carbocycles. The maximum atomic E-state index is 12.5. The van der Waals surface area contributed by atoms with Gasteiger partial charge >= 0.3 is 5.97 Å². The number of carboxylic acids is 1. The van der Waals surface area contributed by atoms with Gasteiger partial charge in [0.1, 0.15) is 0 Å². The van der Waals surface area contributed by atoms with Crippen LogP contribution in [-0.4, -0.2) is 59.0 Å². The van der Waals surface area contributed by atoms with Gasteiger partial charge in [-0.2, -0.15) is 0 Å². The molecule has 1 aliphatic rings. The lowest BCUT2D eigenvalue weighted by molar-refractivity contribution is -0.156. The van der Waals surface area contributed by atoms with Gasteiger partial charge in [-0.1, -0.05) is 13.3 Å². The van der Waals surface area contributed by atoms with Crippen molar-refractivity contribution < 1.29 is 14.7 Å². The van der Waals surface area contributed by atoms with Crippen molar-refractivity contribution in [2.24, 2.45) is 5.41 Å². The van der Waals surface area contributed by atoms with Gasteiger partial charge in [-0.25, -0.2) is 0 Å². The highest BCUT2D eigenvalue weighted by Gasteiger charge is 2.43. The first-order valence-electron chi connectivity index (χ1n) is 8.18. The van der Waals surface area contributed by atoms with E-state index in [1.807, 2.05) is 32.6 Å². The van der Waals surface area contributed by atoms with E-state index < -0.39 is 11.4 Å². The number of likely N-dealkylation sites (N-methyl/N-ethyl adjacent to an activating group) is 1. The Morgan fingerprint density at radius 2 is 1.90 bits per heavy atom. The molecule has 1 aliphatic heterocycles. The van der Waals surface area contributed by atoms with E-state index >= 15 is 0 Å². The minimum atomic E-state index is -0.712. The van der Waals surface area contributed by atoms with Crippen molar-refractivity contribution in [3.63, 3.8) is 0 Å². The molecule has 0 radical (unpaired) electrons. The number of likely N-dealkylation sites (tertiary alicyclic amines) is 1. The van der Waals surface area contributed by atoms with E-state index in [1.165, 1.54) is 0 Å². The Labute approximate surface area is 128 Å². The van der Waals surface area contributed by atoms with Gasteiger partial charge in [0.05, 0.1) is 11.5 Å². The Morgan fingerprint density at radius 1 is 1.29 bits per heavy atom. The molecule has 0 aromatic rings. The molecule has 1 N–H and O–H groups in total. The van der Waals surface area contributed by atoms with Crippen molar-refractivity contribution in [3.05, 3.63) is 0 Å². The number of aliphatic carboxylic acids is 1. The number of carbonyl (C=O) groups is 2. The molecule has 5 nitrogen and oxygen atoms in total. The monoisotopic (exact) mass is 298 g/mol. The molecule has 5 heteroatoms. The molecule has 122 valence electrons. The summed E-state index contributed by atoms with van der Waals surface area (Å²) in [4.78, 5) is 28.1. The molecule has 1 fully saturated rings. The minimum absolute atomic E-state index is 0.109. The van der Waals surface area contributed by atoms with Crippen molar-refractivity contribution in [3.8, 4) is 0 Å². The summed E-state index contributed by atoms with van der Waals surface area (Å²) in [5.74, 6) is -0.603. The predicted molar refractivity (Wildman–Crippen MR) is 83.2 cm³/mol. The molecule has 1 rings (SSSR count). The lowest BCUT2D eigenvalue weighted by atomic mass is 9.76. The van der Waals surface area contributed by atoms with E-state index in [4.69, 9.17) is 0 Å². The summed E-state index contributed by atoms with van der Waals surface area (Å²) in [6.07, 6.45) is 3.12. The molecule has 1 saturated heterocycles. The predicted octanol–water partition coefficient (Wildman–Crippen LogP) is 2.21. The highest BCUT2D eigenvalue weighted by atomic mass is 16.4. The average Bonchev–Trinajstić information content (AvgIpc) is 2.48. The van der Waals surface area contributed by atoms with Crippen LogP contribution in [0.3, 0.4) is 0 Å². The maximum absolute atomic E-state index is 12.5. The first-order chi connectivity index (χ1) is 9.91. The van der Waals surface area contributed by atoms with Crippen molar-refractivity contribution in [2.75, 3.05) is 26.2 Å². The van der Waals surface area contributed by atoms with Crippen LogP contribution in [0.15, 0.2) is 0 Å². The normalized spacial score (nSPS) is 24.6. The second-order valence-corrected chi connectivity index (χ2v) is 6.10. The smallest absolute Gasteiger partial charge is 0.310 e. The SMILES string of the molecule is CCCC1(C(=O)O)CCCN(C(C)C(=O)N(CC)CC)C1. The van der Waals surface area contributed by atoms with E-state index in [9.17, 15) is 14.7 Å². The number of amides is 1. The molecule has 2 atom stereocenters. The Balaban J connectivity index is 2.83. The summed E-state index contributed by atoms with van der Waals surface area (Å²) in [5.41, 5.74) is -0.676. The fraction of sp³-hybridized carbons (Fsp3) is 0.875. The number of piperidine rings is 1. The van der Waals surface area contributed by atoms with E-state index in [-0.39, 0.29) is 11.9 Å². The van der Waals surface area contributed by atoms with Gasteiger partial charge in [0.2, 0.25) is 5.91 Å². The molecule has 0 aromatic heterocycles. The standard InChI is InChI=1S/C16H30N2O3/c1-5-9-16(15(20)21)10-8-11-18(12-16)13(4)14(19)17(6-2)7-3/h13H,5-12H2,1-4H3,(H,20,21). The molecule has 1 heterocycles. The number of nitrogens with zero attached hydrogens (tertiary/aromatic N) is 2. The number of carbonyl (C=O) groups excluding carboxylic acids is 1. The third-order valence-corrected chi connectivity index (χ3v) is 4.77. The zero-order valence-corrected chi connectivity index (χ0v) is 13.9. The molecule has 0 aromatic carbocycles. The topological polar surface area (TPSA) is 60.9 Å². The van der Waals surface area contributed by atoms with Gasteiger partial charge in [-0.15, -0.1) is 0 Å². The van der Waals surface area contributed by atoms with Crippen LogP contribution in [-0.2, 0) is 9.59 Å². The van der Waals surface area contributed by atoms with Crippen LogP contribution in [0.2, 0.25) is 0 Å². The van der Waals surface area contributed by atoms with Crippen LogP contribution < -0.4 is 0 Å². The van der Waals surface area contributed by atoms with Crippen LogP contribution in [0, 0.1) is 5.41 Å². The summed E-state index contributed by atoms with van der Waals surface area (Å²) in [6, 6.07) is -0.235. The van der Waals surface area contributed by atoms with Gasteiger partial charge in [0.15, 0.2) is 0 Å². The molecule has 21 heavy (non-hydrogen) atoms. The molecular formula is C16H30N2O3. The fourth-order valence-electron chi connectivity index (χ4n) is 3.42. The summed E-state index contributed by atoms with van der Waals surface area (Å²) in [6.45, 7) is 10.6. The van der Waals surface area contributed by atoms with E-state index in [0.29, 0.717) is 26.1 Å². The number of hydrogen-bond acceptors (Lipinski definition) is 3. The quantitative estimate of drug-likeness (QED) is 0.783. The average molecular weight is 298 g/mol. The molecule has 0 spiro atoms. The molecular weight excluding hydrogens is 268 g/mol. The van der Waals surface area contributed by atoms with Crippen LogP contribution in [0.1, 0.15) is 53.4 Å². The molecule has 0 bridgehead atoms. The highest BCUT2D eigenvalue weighted by molar-refractivity contribution is 5.81. The van der Waals surface area contributed by atoms with Crippen LogP contribution in [0.5, 0.6) is 0 Å². The number of hydrogen-bond donors (Lipinski definition) is 1. The van der Waals surface area contributed by atoms with Crippen molar-refractivity contribution >= 4 is 11.9 Å². The second kappa shape index (κ2) is 7.78. The first-order valence-corrected chi connectivity index (χ1v) is 8.18. The van der Waals surface area contributed by atoms with Crippen molar-refractivity contribution in [2.45, 2.75) is 59.4 Å². The summed E-state index contributed by atoms with van der Waals surface area (Å²) >= 11 is 0. The largest absolute Gasteiger partial charge is 0.481 e. The Hall–Kier alpha value is -1.10. The van der Waals surface area contributed by atoms with Gasteiger partial charge in [-0.3, -0.25) is 14.5 Å². The van der Waals surface area contributed by atoms with Crippen molar-refractivity contribution in [1.82, 2.24) is 9.80 Å². The third-order valence-electron chi connectivity index (χ3n) is 4.77. The Morgan fingerprint density at radius 3 is 2.38 bits per heavy atom. The lowest BCUT2D eigenvalue weighted by Crippen LogP contribution is -2.55. The van der Waals surface area contributed by atoms with Gasteiger partial charge < -0.3 is 10.0 Å². The van der Waals surface area contributed by atoms with Crippen LogP contribution in [0.25, 0.3) is 0 Å². The fourth-order valence-corrected chi connectivity index (χ4v) is 3.42. The zero-order valence-electron chi connectivity index (χ0n) is 13.9. The molecule has 0 saturated carbocycles. The summed E-state index contributed by atoms with van der Waals surface area (Å²) < 4.78 is 0. The summed E-state index contributed by atoms with van der Waals surface area (Å²) in [5, 5.41) is 9.64. The zero-order chi connectivity index (χ0) is 16.0. The van der Waals surface area contributed by atoms with Gasteiger partial charge in [0.25, 0.3) is 0 Å². The number of rotatable bonds is 7. The van der Waals surface area contributed by atoms with Crippen LogP contribution >= 0.6 is 0 Å². The molecule has 2 unspecified atom stereocenters. The molecule has 1 amide bonds. The van der Waals surface area contributed by atoms with Gasteiger partial charge in [-0.05, 0) is 46.6 Å². The lowest BCUT2D eigenvalue weighted by Gasteiger charge is -2.43. The number of carboxylic acid groups (broad SMARTS) is 1.